The molecule has 3 rings (SSSR count). The Balaban J connectivity index is 1.99. The van der Waals surface area contributed by atoms with Gasteiger partial charge in [0.2, 0.25) is 0 Å². The minimum Gasteiger partial charge on any atom is -0.493 e. The Labute approximate surface area is 140 Å². The molecule has 0 unspecified atom stereocenters. The SMILES string of the molecule is COc1nc2ccc3c(c2n1CCN(C(=O)O)C(C)(C)C)CCO3. The van der Waals surface area contributed by atoms with Gasteiger partial charge in [0.15, 0.2) is 0 Å². The van der Waals surface area contributed by atoms with Gasteiger partial charge in [-0.25, -0.2) is 4.79 Å². The Morgan fingerprint density at radius 1 is 1.46 bits per heavy atom. The predicted molar refractivity (Wildman–Crippen MR) is 90.0 cm³/mol. The van der Waals surface area contributed by atoms with Crippen molar-refractivity contribution in [3.8, 4) is 11.8 Å². The third-order valence-corrected chi connectivity index (χ3v) is 4.32. The van der Waals surface area contributed by atoms with Crippen LogP contribution in [0, 0.1) is 0 Å². The summed E-state index contributed by atoms with van der Waals surface area (Å²) in [6.07, 6.45) is -0.108. The lowest BCUT2D eigenvalue weighted by molar-refractivity contribution is 0.0974. The zero-order chi connectivity index (χ0) is 17.5. The third-order valence-electron chi connectivity index (χ3n) is 4.32. The minimum absolute atomic E-state index is 0.352. The van der Waals surface area contributed by atoms with Crippen molar-refractivity contribution in [1.82, 2.24) is 14.5 Å². The van der Waals surface area contributed by atoms with Crippen LogP contribution in [0.25, 0.3) is 11.0 Å². The number of methoxy groups -OCH3 is 1. The monoisotopic (exact) mass is 333 g/mol. The molecule has 1 aromatic carbocycles. The number of rotatable bonds is 4. The number of ether oxygens (including phenoxy) is 2. The van der Waals surface area contributed by atoms with Crippen LogP contribution in [0.3, 0.4) is 0 Å². The molecule has 0 saturated carbocycles. The van der Waals surface area contributed by atoms with Crippen molar-refractivity contribution in [2.45, 2.75) is 39.3 Å². The van der Waals surface area contributed by atoms with Gasteiger partial charge in [0.05, 0.1) is 24.8 Å². The summed E-state index contributed by atoms with van der Waals surface area (Å²) >= 11 is 0. The number of hydrogen-bond donors (Lipinski definition) is 1. The van der Waals surface area contributed by atoms with Crippen LogP contribution in [0.2, 0.25) is 0 Å². The van der Waals surface area contributed by atoms with E-state index in [-0.39, 0.29) is 0 Å². The standard InChI is InChI=1S/C17H23N3O4/c1-17(2,3)20(16(21)22)9-8-19-14-11-7-10-24-13(11)6-5-12(14)18-15(19)23-4/h5-6H,7-10H2,1-4H3,(H,21,22). The summed E-state index contributed by atoms with van der Waals surface area (Å²) in [5.74, 6) is 0.872. The topological polar surface area (TPSA) is 76.8 Å². The van der Waals surface area contributed by atoms with Gasteiger partial charge in [-0.05, 0) is 32.9 Å². The molecule has 0 saturated heterocycles. The average Bonchev–Trinajstić information content (AvgIpc) is 3.08. The Hall–Kier alpha value is -2.44. The molecule has 1 amide bonds. The van der Waals surface area contributed by atoms with E-state index in [4.69, 9.17) is 9.47 Å². The van der Waals surface area contributed by atoms with E-state index in [0.717, 1.165) is 28.8 Å². The second-order valence-electron chi connectivity index (χ2n) is 6.86. The van der Waals surface area contributed by atoms with Crippen molar-refractivity contribution in [3.63, 3.8) is 0 Å². The van der Waals surface area contributed by atoms with Crippen LogP contribution in [-0.2, 0) is 13.0 Å². The molecule has 0 radical (unpaired) electrons. The van der Waals surface area contributed by atoms with E-state index >= 15 is 0 Å². The predicted octanol–water partition coefficient (Wildman–Crippen LogP) is 2.76. The van der Waals surface area contributed by atoms with Crippen LogP contribution >= 0.6 is 0 Å². The highest BCUT2D eigenvalue weighted by Crippen LogP contribution is 2.34. The Kier molecular flexibility index (Phi) is 4.03. The zero-order valence-electron chi connectivity index (χ0n) is 14.5. The molecule has 2 aromatic rings. The lowest BCUT2D eigenvalue weighted by atomic mass is 10.1. The molecule has 7 nitrogen and oxygen atoms in total. The molecule has 0 atom stereocenters. The Morgan fingerprint density at radius 3 is 2.83 bits per heavy atom. The third kappa shape index (κ3) is 2.74. The lowest BCUT2D eigenvalue weighted by Gasteiger charge is -2.33. The maximum Gasteiger partial charge on any atom is 0.407 e. The van der Waals surface area contributed by atoms with E-state index in [9.17, 15) is 9.90 Å². The normalized spacial score (nSPS) is 13.7. The lowest BCUT2D eigenvalue weighted by Crippen LogP contribution is -2.46. The average molecular weight is 333 g/mol. The van der Waals surface area contributed by atoms with Gasteiger partial charge in [-0.3, -0.25) is 4.57 Å². The summed E-state index contributed by atoms with van der Waals surface area (Å²) < 4.78 is 13.0. The zero-order valence-corrected chi connectivity index (χ0v) is 14.5. The van der Waals surface area contributed by atoms with Gasteiger partial charge in [-0.1, -0.05) is 0 Å². The van der Waals surface area contributed by atoms with Gasteiger partial charge in [0, 0.05) is 30.6 Å². The molecule has 130 valence electrons. The number of imidazole rings is 1. The largest absolute Gasteiger partial charge is 0.493 e. The molecule has 7 heteroatoms. The van der Waals surface area contributed by atoms with Gasteiger partial charge in [0.25, 0.3) is 6.01 Å². The molecule has 0 aliphatic carbocycles. The van der Waals surface area contributed by atoms with E-state index in [2.05, 4.69) is 4.98 Å². The molecule has 0 fully saturated rings. The van der Waals surface area contributed by atoms with Crippen molar-refractivity contribution in [2.24, 2.45) is 0 Å². The van der Waals surface area contributed by atoms with Gasteiger partial charge in [0.1, 0.15) is 5.75 Å². The molecular weight excluding hydrogens is 310 g/mol. The van der Waals surface area contributed by atoms with Crippen molar-refractivity contribution in [2.75, 3.05) is 20.3 Å². The highest BCUT2D eigenvalue weighted by Gasteiger charge is 2.27. The van der Waals surface area contributed by atoms with Crippen LogP contribution in [0.4, 0.5) is 4.79 Å². The second-order valence-corrected chi connectivity index (χ2v) is 6.86. The van der Waals surface area contributed by atoms with Gasteiger partial charge in [-0.15, -0.1) is 0 Å². The number of aromatic nitrogens is 2. The fraction of sp³-hybridized carbons (Fsp3) is 0.529. The summed E-state index contributed by atoms with van der Waals surface area (Å²) in [6, 6.07) is 4.33. The van der Waals surface area contributed by atoms with E-state index in [0.29, 0.717) is 25.7 Å². The number of carboxylic acid groups (broad SMARTS) is 1. The molecule has 1 aliphatic heterocycles. The fourth-order valence-corrected chi connectivity index (χ4v) is 3.18. The Bertz CT molecular complexity index is 776. The Morgan fingerprint density at radius 2 is 2.21 bits per heavy atom. The van der Waals surface area contributed by atoms with Crippen LogP contribution in [0.15, 0.2) is 12.1 Å². The van der Waals surface area contributed by atoms with E-state index < -0.39 is 11.6 Å². The van der Waals surface area contributed by atoms with Crippen molar-refractivity contribution < 1.29 is 19.4 Å². The molecule has 1 aliphatic rings. The minimum atomic E-state index is -0.931. The van der Waals surface area contributed by atoms with Crippen molar-refractivity contribution >= 4 is 17.1 Å². The van der Waals surface area contributed by atoms with Gasteiger partial charge in [-0.2, -0.15) is 4.98 Å². The molecule has 0 bridgehead atoms. The van der Waals surface area contributed by atoms with Crippen LogP contribution in [0.5, 0.6) is 11.8 Å². The molecule has 24 heavy (non-hydrogen) atoms. The summed E-state index contributed by atoms with van der Waals surface area (Å²) in [7, 11) is 1.58. The van der Waals surface area contributed by atoms with Crippen molar-refractivity contribution in [3.05, 3.63) is 17.7 Å². The maximum absolute atomic E-state index is 11.6. The second kappa shape index (κ2) is 5.89. The quantitative estimate of drug-likeness (QED) is 0.931. The van der Waals surface area contributed by atoms with E-state index in [1.54, 1.807) is 7.11 Å². The molecule has 1 aromatic heterocycles. The van der Waals surface area contributed by atoms with Crippen LogP contribution < -0.4 is 9.47 Å². The number of amides is 1. The molecule has 1 N–H and O–H groups in total. The fourth-order valence-electron chi connectivity index (χ4n) is 3.18. The smallest absolute Gasteiger partial charge is 0.407 e. The number of nitrogens with zero attached hydrogens (tertiary/aromatic N) is 3. The highest BCUT2D eigenvalue weighted by molar-refractivity contribution is 5.83. The maximum atomic E-state index is 11.6. The summed E-state index contributed by atoms with van der Waals surface area (Å²) in [4.78, 5) is 17.5. The number of benzene rings is 1. The first-order valence-corrected chi connectivity index (χ1v) is 8.02. The van der Waals surface area contributed by atoms with E-state index in [1.165, 1.54) is 4.90 Å². The molecular formula is C17H23N3O4. The first-order valence-electron chi connectivity index (χ1n) is 8.02. The first-order chi connectivity index (χ1) is 11.3. The van der Waals surface area contributed by atoms with E-state index in [1.807, 2.05) is 37.5 Å². The number of carbonyl (C=O) groups is 1. The molecule has 0 spiro atoms. The van der Waals surface area contributed by atoms with Crippen LogP contribution in [0.1, 0.15) is 26.3 Å². The number of fused-ring (bicyclic) bond motifs is 3. The highest BCUT2D eigenvalue weighted by atomic mass is 16.5. The number of hydrogen-bond acceptors (Lipinski definition) is 4. The van der Waals surface area contributed by atoms with Gasteiger partial charge < -0.3 is 19.5 Å². The first kappa shape index (κ1) is 16.4. The van der Waals surface area contributed by atoms with Gasteiger partial charge >= 0.3 is 6.09 Å². The molecule has 2 heterocycles. The summed E-state index contributed by atoms with van der Waals surface area (Å²) in [5.41, 5.74) is 2.45. The van der Waals surface area contributed by atoms with Crippen LogP contribution in [-0.4, -0.2) is 51.5 Å². The summed E-state index contributed by atoms with van der Waals surface area (Å²) in [5, 5.41) is 9.48. The summed E-state index contributed by atoms with van der Waals surface area (Å²) in [6.45, 7) is 7.14. The van der Waals surface area contributed by atoms with Crippen molar-refractivity contribution in [1.29, 1.82) is 0 Å².